The molecule has 29 heavy (non-hydrogen) atoms. The van der Waals surface area contributed by atoms with Crippen molar-refractivity contribution in [3.05, 3.63) is 24.3 Å². The highest BCUT2D eigenvalue weighted by atomic mass is 16.5. The van der Waals surface area contributed by atoms with Gasteiger partial charge in [-0.1, -0.05) is 31.9 Å². The molecule has 1 saturated carbocycles. The van der Waals surface area contributed by atoms with Crippen LogP contribution in [-0.2, 0) is 19.1 Å². The van der Waals surface area contributed by atoms with E-state index in [2.05, 4.69) is 17.6 Å². The molecule has 2 atom stereocenters. The van der Waals surface area contributed by atoms with E-state index in [0.29, 0.717) is 17.4 Å². The second kappa shape index (κ2) is 9.40. The Hall–Kier alpha value is -3.10. The Balaban J connectivity index is 1.44. The van der Waals surface area contributed by atoms with Crippen molar-refractivity contribution in [1.82, 2.24) is 10.6 Å². The van der Waals surface area contributed by atoms with Gasteiger partial charge in [0.15, 0.2) is 13.2 Å². The van der Waals surface area contributed by atoms with E-state index >= 15 is 0 Å². The Kier molecular flexibility index (Phi) is 6.69. The Labute approximate surface area is 168 Å². The summed E-state index contributed by atoms with van der Waals surface area (Å²) in [6, 6.07) is 6.27. The van der Waals surface area contributed by atoms with Crippen molar-refractivity contribution in [2.75, 3.05) is 24.7 Å². The average Bonchev–Trinajstić information content (AvgIpc) is 2.70. The van der Waals surface area contributed by atoms with Crippen molar-refractivity contribution in [3.63, 3.8) is 0 Å². The van der Waals surface area contributed by atoms with E-state index in [0.717, 1.165) is 25.7 Å². The number of ether oxygens (including phenoxy) is 2. The van der Waals surface area contributed by atoms with Crippen LogP contribution >= 0.6 is 0 Å². The summed E-state index contributed by atoms with van der Waals surface area (Å²) in [7, 11) is 0. The van der Waals surface area contributed by atoms with E-state index in [1.807, 2.05) is 0 Å². The number of esters is 1. The number of anilines is 1. The molecule has 3 rings (SSSR count). The Morgan fingerprint density at radius 1 is 1.21 bits per heavy atom. The van der Waals surface area contributed by atoms with E-state index in [1.165, 1.54) is 4.90 Å². The summed E-state index contributed by atoms with van der Waals surface area (Å²) < 4.78 is 10.2. The highest BCUT2D eigenvalue weighted by Gasteiger charge is 2.28. The number of urea groups is 1. The van der Waals surface area contributed by atoms with Gasteiger partial charge in [0, 0.05) is 6.04 Å². The summed E-state index contributed by atoms with van der Waals surface area (Å²) in [4.78, 5) is 49.2. The molecule has 156 valence electrons. The summed E-state index contributed by atoms with van der Waals surface area (Å²) >= 11 is 0. The van der Waals surface area contributed by atoms with Crippen LogP contribution in [0, 0.1) is 5.92 Å². The van der Waals surface area contributed by atoms with Gasteiger partial charge >= 0.3 is 12.0 Å². The first-order valence-electron chi connectivity index (χ1n) is 9.72. The first-order valence-corrected chi connectivity index (χ1v) is 9.72. The van der Waals surface area contributed by atoms with Crippen LogP contribution in [0.4, 0.5) is 10.5 Å². The quantitative estimate of drug-likeness (QED) is 0.718. The van der Waals surface area contributed by atoms with Gasteiger partial charge in [-0.3, -0.25) is 24.6 Å². The lowest BCUT2D eigenvalue weighted by atomic mass is 9.86. The summed E-state index contributed by atoms with van der Waals surface area (Å²) in [5, 5.41) is 4.96. The van der Waals surface area contributed by atoms with Gasteiger partial charge in [0.2, 0.25) is 0 Å². The number of nitrogens with one attached hydrogen (secondary N) is 2. The van der Waals surface area contributed by atoms with Crippen molar-refractivity contribution in [3.8, 4) is 5.75 Å². The van der Waals surface area contributed by atoms with Gasteiger partial charge < -0.3 is 14.8 Å². The Bertz CT molecular complexity index is 796. The number of nitrogens with zero attached hydrogens (tertiary/aromatic N) is 1. The van der Waals surface area contributed by atoms with E-state index in [9.17, 15) is 19.2 Å². The molecule has 2 N–H and O–H groups in total. The lowest BCUT2D eigenvalue weighted by Crippen LogP contribution is -2.49. The van der Waals surface area contributed by atoms with Crippen molar-refractivity contribution in [2.24, 2.45) is 5.92 Å². The molecule has 1 heterocycles. The minimum Gasteiger partial charge on any atom is -0.482 e. The number of carbonyl (C=O) groups excluding carboxylic acids is 4. The van der Waals surface area contributed by atoms with Gasteiger partial charge in [-0.2, -0.15) is 0 Å². The van der Waals surface area contributed by atoms with Crippen molar-refractivity contribution in [2.45, 2.75) is 38.6 Å². The van der Waals surface area contributed by atoms with Gasteiger partial charge in [0.05, 0.1) is 5.69 Å². The van der Waals surface area contributed by atoms with Crippen LogP contribution in [-0.4, -0.2) is 49.6 Å². The molecule has 1 aromatic rings. The molecule has 2 aliphatic rings. The maximum absolute atomic E-state index is 12.1. The summed E-state index contributed by atoms with van der Waals surface area (Å²) in [5.74, 6) is -1.02. The zero-order chi connectivity index (χ0) is 20.8. The van der Waals surface area contributed by atoms with Crippen LogP contribution in [0.2, 0.25) is 0 Å². The molecule has 0 bridgehead atoms. The van der Waals surface area contributed by atoms with Crippen molar-refractivity contribution >= 4 is 29.5 Å². The number of hydrogen-bond acceptors (Lipinski definition) is 6. The zero-order valence-electron chi connectivity index (χ0n) is 16.3. The fourth-order valence-corrected chi connectivity index (χ4v) is 3.55. The second-order valence-electron chi connectivity index (χ2n) is 7.29. The first kappa shape index (κ1) is 20.6. The molecular formula is C20H25N3O6. The minimum absolute atomic E-state index is 0.0338. The number of fused-ring (bicyclic) bond motifs is 1. The smallest absolute Gasteiger partial charge is 0.326 e. The van der Waals surface area contributed by atoms with Gasteiger partial charge in [-0.25, -0.2) is 4.79 Å². The Morgan fingerprint density at radius 2 is 1.97 bits per heavy atom. The predicted octanol–water partition coefficient (Wildman–Crippen LogP) is 1.36. The third-order valence-electron chi connectivity index (χ3n) is 5.14. The standard InChI is InChI=1S/C20H25N3O6/c1-13-6-2-3-7-14(13)21-20(27)22-17(24)11-29-19(26)10-23-15-8-4-5-9-16(15)28-12-18(23)25/h4-5,8-9,13-14H,2-3,6-7,10-12H2,1H3,(H2,21,22,24,27). The number of benzene rings is 1. The minimum atomic E-state index is -0.758. The predicted molar refractivity (Wildman–Crippen MR) is 103 cm³/mol. The maximum Gasteiger partial charge on any atom is 0.326 e. The zero-order valence-corrected chi connectivity index (χ0v) is 16.3. The number of para-hydroxylation sites is 2. The third kappa shape index (κ3) is 5.46. The van der Waals surface area contributed by atoms with Crippen molar-refractivity contribution in [1.29, 1.82) is 0 Å². The van der Waals surface area contributed by atoms with E-state index in [1.54, 1.807) is 24.3 Å². The highest BCUT2D eigenvalue weighted by Crippen LogP contribution is 2.31. The fraction of sp³-hybridized carbons (Fsp3) is 0.500. The first-order chi connectivity index (χ1) is 13.9. The third-order valence-corrected chi connectivity index (χ3v) is 5.14. The molecule has 1 aromatic carbocycles. The molecule has 9 nitrogen and oxygen atoms in total. The van der Waals surface area contributed by atoms with E-state index < -0.39 is 24.5 Å². The van der Waals surface area contributed by atoms with E-state index in [4.69, 9.17) is 9.47 Å². The van der Waals surface area contributed by atoms with E-state index in [-0.39, 0.29) is 25.1 Å². The normalized spacial score (nSPS) is 20.9. The molecule has 4 amide bonds. The molecule has 1 aliphatic carbocycles. The maximum atomic E-state index is 12.1. The molecule has 0 aromatic heterocycles. The topological polar surface area (TPSA) is 114 Å². The van der Waals surface area contributed by atoms with Gasteiger partial charge in [0.1, 0.15) is 12.3 Å². The second-order valence-corrected chi connectivity index (χ2v) is 7.29. The lowest BCUT2D eigenvalue weighted by Gasteiger charge is -2.29. The van der Waals surface area contributed by atoms with Gasteiger partial charge in [0.25, 0.3) is 11.8 Å². The number of amides is 4. The largest absolute Gasteiger partial charge is 0.482 e. The highest BCUT2D eigenvalue weighted by molar-refractivity contribution is 6.01. The average molecular weight is 403 g/mol. The molecule has 0 spiro atoms. The fourth-order valence-electron chi connectivity index (χ4n) is 3.55. The molecule has 0 saturated heterocycles. The molecule has 1 aliphatic heterocycles. The SMILES string of the molecule is CC1CCCCC1NC(=O)NC(=O)COC(=O)CN1C(=O)COc2ccccc21. The molecule has 0 radical (unpaired) electrons. The Morgan fingerprint density at radius 3 is 2.76 bits per heavy atom. The van der Waals surface area contributed by atoms with Crippen LogP contribution in [0.1, 0.15) is 32.6 Å². The molecule has 1 fully saturated rings. The molecule has 2 unspecified atom stereocenters. The van der Waals surface area contributed by atoms with Gasteiger partial charge in [-0.05, 0) is 30.9 Å². The van der Waals surface area contributed by atoms with Gasteiger partial charge in [-0.15, -0.1) is 0 Å². The van der Waals surface area contributed by atoms with Crippen molar-refractivity contribution < 1.29 is 28.7 Å². The van der Waals surface area contributed by atoms with Crippen LogP contribution in [0.5, 0.6) is 5.75 Å². The van der Waals surface area contributed by atoms with Crippen LogP contribution in [0.3, 0.4) is 0 Å². The number of rotatable bonds is 5. The lowest BCUT2D eigenvalue weighted by molar-refractivity contribution is -0.147. The number of carbonyl (C=O) groups is 4. The van der Waals surface area contributed by atoms with Crippen LogP contribution in [0.25, 0.3) is 0 Å². The monoisotopic (exact) mass is 403 g/mol. The molecule has 9 heteroatoms. The summed E-state index contributed by atoms with van der Waals surface area (Å²) in [5.41, 5.74) is 0.464. The number of imide groups is 1. The van der Waals surface area contributed by atoms with Crippen LogP contribution < -0.4 is 20.3 Å². The number of hydrogen-bond donors (Lipinski definition) is 2. The summed E-state index contributed by atoms with van der Waals surface area (Å²) in [6.45, 7) is 0.939. The van der Waals surface area contributed by atoms with Crippen LogP contribution in [0.15, 0.2) is 24.3 Å². The summed E-state index contributed by atoms with van der Waals surface area (Å²) in [6.07, 6.45) is 4.11. The molecular weight excluding hydrogens is 378 g/mol.